The third kappa shape index (κ3) is 7.19. The summed E-state index contributed by atoms with van der Waals surface area (Å²) < 4.78 is 17.5. The van der Waals surface area contributed by atoms with Gasteiger partial charge in [0.05, 0.1) is 0 Å². The van der Waals surface area contributed by atoms with Crippen molar-refractivity contribution < 1.29 is 41.3 Å². The molecule has 0 aliphatic heterocycles. The average molecular weight is 553 g/mol. The SMILES string of the molecule is COc1c(Nc2cc(Cl)nnc2C(=O)[O][Zn])cccc1-c1ncn(CCCC(=O)OC(C)(C)C)n1. The molecular formula is C22H24ClN6O5Zn. The first kappa shape index (κ1) is 26.5. The summed E-state index contributed by atoms with van der Waals surface area (Å²) in [6, 6.07) is 6.85. The number of carbonyl (C=O) groups excluding carboxylic acids is 2. The molecular weight excluding hydrogens is 529 g/mol. The molecule has 2 heterocycles. The van der Waals surface area contributed by atoms with Crippen molar-refractivity contribution >= 4 is 34.9 Å². The average Bonchev–Trinajstić information content (AvgIpc) is 3.26. The third-order valence-corrected chi connectivity index (χ3v) is 5.28. The van der Waals surface area contributed by atoms with Crippen molar-refractivity contribution in [3.8, 4) is 17.1 Å². The van der Waals surface area contributed by atoms with Crippen LogP contribution in [-0.4, -0.2) is 49.6 Å². The van der Waals surface area contributed by atoms with Gasteiger partial charge in [0.1, 0.15) is 5.60 Å². The van der Waals surface area contributed by atoms with E-state index >= 15 is 0 Å². The van der Waals surface area contributed by atoms with Gasteiger partial charge >= 0.3 is 169 Å². The number of nitrogens with zero attached hydrogens (tertiary/aromatic N) is 5. The molecule has 2 aromatic heterocycles. The number of benzene rings is 1. The van der Waals surface area contributed by atoms with Gasteiger partial charge in [0.25, 0.3) is 0 Å². The Morgan fingerprint density at radius 1 is 1.20 bits per heavy atom. The van der Waals surface area contributed by atoms with E-state index in [9.17, 15) is 9.59 Å². The van der Waals surface area contributed by atoms with Crippen molar-refractivity contribution in [2.45, 2.75) is 45.8 Å². The van der Waals surface area contributed by atoms with E-state index in [1.165, 1.54) is 13.2 Å². The molecule has 0 bridgehead atoms. The van der Waals surface area contributed by atoms with Gasteiger partial charge in [-0.05, 0) is 27.2 Å². The van der Waals surface area contributed by atoms with Gasteiger partial charge in [-0.3, -0.25) is 4.79 Å². The van der Waals surface area contributed by atoms with Gasteiger partial charge in [-0.1, -0.05) is 0 Å². The van der Waals surface area contributed by atoms with Crippen molar-refractivity contribution in [3.05, 3.63) is 41.4 Å². The molecule has 0 spiro atoms. The van der Waals surface area contributed by atoms with Crippen molar-refractivity contribution in [2.75, 3.05) is 12.4 Å². The minimum atomic E-state index is -0.612. The van der Waals surface area contributed by atoms with Gasteiger partial charge in [0, 0.05) is 6.42 Å². The molecule has 0 aliphatic carbocycles. The van der Waals surface area contributed by atoms with E-state index in [1.54, 1.807) is 23.1 Å². The van der Waals surface area contributed by atoms with Crippen LogP contribution >= 0.6 is 11.6 Å². The molecule has 0 aliphatic rings. The molecule has 3 rings (SSSR count). The second kappa shape index (κ2) is 11.5. The van der Waals surface area contributed by atoms with E-state index < -0.39 is 11.6 Å². The third-order valence-electron chi connectivity index (χ3n) is 4.54. The fraction of sp³-hybridized carbons (Fsp3) is 0.364. The molecule has 181 valence electrons. The van der Waals surface area contributed by atoms with Crippen LogP contribution in [0.4, 0.5) is 11.4 Å². The molecule has 0 fully saturated rings. The number of esters is 1. The van der Waals surface area contributed by atoms with Crippen LogP contribution in [0.1, 0.15) is 44.1 Å². The zero-order valence-electron chi connectivity index (χ0n) is 19.9. The number of rotatable bonds is 9. The normalized spacial score (nSPS) is 11.2. The number of para-hydroxylation sites is 1. The fourth-order valence-corrected chi connectivity index (χ4v) is 3.60. The Balaban J connectivity index is 1.79. The molecule has 0 unspecified atom stereocenters. The molecule has 13 heteroatoms. The van der Waals surface area contributed by atoms with Crippen LogP contribution in [0.15, 0.2) is 30.6 Å². The Bertz CT molecular complexity index is 1210. The predicted molar refractivity (Wildman–Crippen MR) is 123 cm³/mol. The van der Waals surface area contributed by atoms with Gasteiger partial charge in [0.2, 0.25) is 0 Å². The van der Waals surface area contributed by atoms with Crippen LogP contribution in [0.3, 0.4) is 0 Å². The minimum absolute atomic E-state index is 0.000460. The topological polar surface area (TPSA) is 130 Å². The molecule has 1 N–H and O–H groups in total. The number of methoxy groups -OCH3 is 1. The number of halogens is 1. The van der Waals surface area contributed by atoms with E-state index in [0.29, 0.717) is 60.1 Å². The van der Waals surface area contributed by atoms with E-state index in [2.05, 4.69) is 25.6 Å². The quantitative estimate of drug-likeness (QED) is 0.308. The molecule has 3 aromatic rings. The van der Waals surface area contributed by atoms with Crippen LogP contribution in [0.5, 0.6) is 5.75 Å². The van der Waals surface area contributed by atoms with Crippen LogP contribution in [0.2, 0.25) is 5.15 Å². The number of anilines is 2. The molecule has 0 atom stereocenters. The number of aromatic nitrogens is 5. The zero-order chi connectivity index (χ0) is 25.6. The van der Waals surface area contributed by atoms with Gasteiger partial charge in [-0.2, -0.15) is 0 Å². The first-order valence-corrected chi connectivity index (χ1v) is 12.3. The Morgan fingerprint density at radius 3 is 2.66 bits per heavy atom. The summed E-state index contributed by atoms with van der Waals surface area (Å²) in [4.78, 5) is 28.4. The fourth-order valence-electron chi connectivity index (χ4n) is 3.16. The summed E-state index contributed by atoms with van der Waals surface area (Å²) >= 11 is 6.30. The second-order valence-electron chi connectivity index (χ2n) is 8.39. The van der Waals surface area contributed by atoms with Crippen molar-refractivity contribution in [3.63, 3.8) is 0 Å². The Hall–Kier alpha value is -3.11. The van der Waals surface area contributed by atoms with Crippen LogP contribution in [-0.2, 0) is 38.3 Å². The molecule has 35 heavy (non-hydrogen) atoms. The summed E-state index contributed by atoms with van der Waals surface area (Å²) in [6.45, 7) is 6.01. The summed E-state index contributed by atoms with van der Waals surface area (Å²) in [5, 5.41) is 15.3. The molecule has 11 nitrogen and oxygen atoms in total. The Morgan fingerprint density at radius 2 is 1.97 bits per heavy atom. The maximum atomic E-state index is 12.1. The molecule has 0 saturated carbocycles. The number of ether oxygens (including phenoxy) is 2. The number of aryl methyl sites for hydroxylation is 1. The number of hydrogen-bond acceptors (Lipinski definition) is 10. The van der Waals surface area contributed by atoms with Crippen LogP contribution in [0.25, 0.3) is 11.4 Å². The summed E-state index contributed by atoms with van der Waals surface area (Å²) in [5.41, 5.74) is 0.976. The maximum absolute atomic E-state index is 12.1. The predicted octanol–water partition coefficient (Wildman–Crippen LogP) is 3.88. The van der Waals surface area contributed by atoms with E-state index in [0.717, 1.165) is 0 Å². The van der Waals surface area contributed by atoms with Crippen molar-refractivity contribution in [2.24, 2.45) is 0 Å². The first-order valence-electron chi connectivity index (χ1n) is 10.7. The monoisotopic (exact) mass is 551 g/mol. The molecule has 0 amide bonds. The van der Waals surface area contributed by atoms with Gasteiger partial charge in [-0.15, -0.1) is 0 Å². The van der Waals surface area contributed by atoms with Crippen LogP contribution in [0, 0.1) is 0 Å². The van der Waals surface area contributed by atoms with E-state index in [4.69, 9.17) is 24.6 Å². The summed E-state index contributed by atoms with van der Waals surface area (Å²) in [7, 11) is 1.52. The summed E-state index contributed by atoms with van der Waals surface area (Å²) in [6.07, 6.45) is 2.43. The number of nitrogens with one attached hydrogen (secondary N) is 1. The zero-order valence-corrected chi connectivity index (χ0v) is 23.6. The first-order chi connectivity index (χ1) is 16.6. The summed E-state index contributed by atoms with van der Waals surface area (Å²) in [5.74, 6) is 0.0273. The van der Waals surface area contributed by atoms with E-state index in [1.807, 2.05) is 26.8 Å². The molecule has 0 saturated heterocycles. The second-order valence-corrected chi connectivity index (χ2v) is 9.39. The van der Waals surface area contributed by atoms with E-state index in [-0.39, 0.29) is 23.2 Å². The number of hydrogen-bond donors (Lipinski definition) is 1. The van der Waals surface area contributed by atoms with Gasteiger partial charge in [0.15, 0.2) is 0 Å². The molecule has 1 aromatic carbocycles. The van der Waals surface area contributed by atoms with Gasteiger partial charge < -0.3 is 4.74 Å². The van der Waals surface area contributed by atoms with Crippen molar-refractivity contribution in [1.29, 1.82) is 0 Å². The molecule has 0 radical (unpaired) electrons. The van der Waals surface area contributed by atoms with Crippen molar-refractivity contribution in [1.82, 2.24) is 25.0 Å². The number of carbonyl (C=O) groups is 2. The van der Waals surface area contributed by atoms with Crippen LogP contribution < -0.4 is 10.1 Å². The Labute approximate surface area is 217 Å². The Kier molecular flexibility index (Phi) is 8.74. The van der Waals surface area contributed by atoms with Gasteiger partial charge in [-0.25, -0.2) is 0 Å². The standard InChI is InChI=1S/C22H25ClN6O5.Zn/c1-22(2,3)34-17(30)9-6-10-29-12-24-20(28-29)13-7-5-8-14(19(13)33-4)25-15-11-16(23)26-27-18(15)21(31)32;/h5,7-8,11-12H,6,9-10H2,1-4H3,(H,25,26)(H,31,32);/q;+1/p-1.